The Morgan fingerprint density at radius 2 is 1.92 bits per heavy atom. The van der Waals surface area contributed by atoms with E-state index in [2.05, 4.69) is 21.2 Å². The van der Waals surface area contributed by atoms with Gasteiger partial charge in [-0.2, -0.15) is 5.10 Å². The minimum atomic E-state index is 0.0696. The molecule has 1 fully saturated rings. The van der Waals surface area contributed by atoms with Crippen molar-refractivity contribution >= 4 is 23.2 Å². The minimum absolute atomic E-state index is 0.0696. The maximum atomic E-state index is 12.8. The lowest BCUT2D eigenvalue weighted by Gasteiger charge is -2.36. The zero-order valence-corrected chi connectivity index (χ0v) is 14.4. The van der Waals surface area contributed by atoms with Crippen molar-refractivity contribution in [1.29, 1.82) is 0 Å². The summed E-state index contributed by atoms with van der Waals surface area (Å²) in [4.78, 5) is 17.0. The van der Waals surface area contributed by atoms with Crippen molar-refractivity contribution in [3.63, 3.8) is 0 Å². The number of aryl methyl sites for hydroxylation is 1. The number of piperazine rings is 1. The second-order valence-corrected chi connectivity index (χ2v) is 6.93. The number of H-pyrrole nitrogens is 1. The number of nitrogens with zero attached hydrogens (tertiary/aromatic N) is 3. The molecule has 0 radical (unpaired) electrons. The van der Waals surface area contributed by atoms with Crippen molar-refractivity contribution in [1.82, 2.24) is 15.1 Å². The van der Waals surface area contributed by atoms with E-state index in [9.17, 15) is 4.79 Å². The second kappa shape index (κ2) is 6.48. The van der Waals surface area contributed by atoms with Crippen LogP contribution >= 0.6 is 11.6 Å². The number of anilines is 1. The number of nitrogens with one attached hydrogen (secondary N) is 1. The minimum Gasteiger partial charge on any atom is -0.368 e. The maximum absolute atomic E-state index is 12.8. The number of benzene rings is 1. The molecule has 4 rings (SSSR count). The first-order valence-electron chi connectivity index (χ1n) is 8.58. The van der Waals surface area contributed by atoms with E-state index in [1.54, 1.807) is 0 Å². The summed E-state index contributed by atoms with van der Waals surface area (Å²) >= 11 is 6.08. The molecule has 1 aliphatic heterocycles. The molecule has 1 aromatic carbocycles. The summed E-state index contributed by atoms with van der Waals surface area (Å²) in [5.41, 5.74) is 4.05. The third kappa shape index (κ3) is 2.88. The summed E-state index contributed by atoms with van der Waals surface area (Å²) in [6.07, 6.45) is 4.31. The highest BCUT2D eigenvalue weighted by Crippen LogP contribution is 2.24. The Balaban J connectivity index is 1.44. The van der Waals surface area contributed by atoms with E-state index in [4.69, 9.17) is 11.6 Å². The van der Waals surface area contributed by atoms with Gasteiger partial charge in [-0.15, -0.1) is 0 Å². The highest BCUT2D eigenvalue weighted by molar-refractivity contribution is 6.30. The number of aromatic amines is 1. The van der Waals surface area contributed by atoms with Gasteiger partial charge in [-0.05, 0) is 43.9 Å². The molecule has 24 heavy (non-hydrogen) atoms. The van der Waals surface area contributed by atoms with Crippen LogP contribution in [-0.4, -0.2) is 47.2 Å². The van der Waals surface area contributed by atoms with Crippen molar-refractivity contribution < 1.29 is 4.79 Å². The zero-order valence-electron chi connectivity index (χ0n) is 13.6. The third-order valence-electron chi connectivity index (χ3n) is 5.00. The van der Waals surface area contributed by atoms with E-state index in [0.29, 0.717) is 18.8 Å². The van der Waals surface area contributed by atoms with Crippen LogP contribution in [-0.2, 0) is 12.8 Å². The Bertz CT molecular complexity index is 749. The van der Waals surface area contributed by atoms with Crippen molar-refractivity contribution in [3.8, 4) is 0 Å². The molecule has 0 saturated carbocycles. The lowest BCUT2D eigenvalue weighted by atomic mass is 9.95. The smallest absolute Gasteiger partial charge is 0.274 e. The van der Waals surface area contributed by atoms with Crippen LogP contribution in [0.3, 0.4) is 0 Å². The first-order chi connectivity index (χ1) is 11.7. The maximum Gasteiger partial charge on any atom is 0.274 e. The predicted octanol–water partition coefficient (Wildman–Crippen LogP) is 2.90. The third-order valence-corrected chi connectivity index (χ3v) is 5.23. The van der Waals surface area contributed by atoms with Gasteiger partial charge in [0.15, 0.2) is 5.69 Å². The van der Waals surface area contributed by atoms with Crippen LogP contribution in [0.4, 0.5) is 5.69 Å². The molecule has 0 spiro atoms. The van der Waals surface area contributed by atoms with E-state index in [-0.39, 0.29) is 5.91 Å². The first-order valence-corrected chi connectivity index (χ1v) is 8.96. The van der Waals surface area contributed by atoms with E-state index >= 15 is 0 Å². The summed E-state index contributed by atoms with van der Waals surface area (Å²) in [5, 5.41) is 8.12. The normalized spacial score (nSPS) is 17.7. The lowest BCUT2D eigenvalue weighted by Crippen LogP contribution is -2.49. The van der Waals surface area contributed by atoms with Gasteiger partial charge < -0.3 is 9.80 Å². The van der Waals surface area contributed by atoms with E-state index in [0.717, 1.165) is 54.3 Å². The second-order valence-electron chi connectivity index (χ2n) is 6.50. The molecule has 126 valence electrons. The van der Waals surface area contributed by atoms with Crippen molar-refractivity contribution in [2.24, 2.45) is 0 Å². The fourth-order valence-corrected chi connectivity index (χ4v) is 3.83. The highest BCUT2D eigenvalue weighted by atomic mass is 35.5. The number of hydrogen-bond donors (Lipinski definition) is 1. The first kappa shape index (κ1) is 15.5. The number of aromatic nitrogens is 2. The molecule has 1 aromatic heterocycles. The number of rotatable bonds is 2. The fourth-order valence-electron chi connectivity index (χ4n) is 3.65. The van der Waals surface area contributed by atoms with Crippen LogP contribution < -0.4 is 4.90 Å². The van der Waals surface area contributed by atoms with Gasteiger partial charge in [0.2, 0.25) is 0 Å². The molecule has 5 nitrogen and oxygen atoms in total. The predicted molar refractivity (Wildman–Crippen MR) is 94.8 cm³/mol. The number of carbonyl (C=O) groups excluding carboxylic acids is 1. The number of fused-ring (bicyclic) bond motifs is 1. The number of carbonyl (C=O) groups is 1. The largest absolute Gasteiger partial charge is 0.368 e. The average molecular weight is 345 g/mol. The number of halogens is 1. The van der Waals surface area contributed by atoms with Gasteiger partial charge in [0.05, 0.1) is 0 Å². The SMILES string of the molecule is O=C(c1n[nH]c2c1CCCC2)N1CCN(c2cccc(Cl)c2)CC1. The molecule has 1 saturated heterocycles. The average Bonchev–Trinajstić information content (AvgIpc) is 3.05. The van der Waals surface area contributed by atoms with Crippen LogP contribution in [0, 0.1) is 0 Å². The van der Waals surface area contributed by atoms with Crippen LogP contribution in [0.15, 0.2) is 24.3 Å². The summed E-state index contributed by atoms with van der Waals surface area (Å²) in [5.74, 6) is 0.0696. The van der Waals surface area contributed by atoms with Gasteiger partial charge in [0, 0.05) is 48.1 Å². The van der Waals surface area contributed by atoms with Gasteiger partial charge in [0.1, 0.15) is 0 Å². The Labute approximate surface area is 146 Å². The molecule has 1 aliphatic carbocycles. The van der Waals surface area contributed by atoms with E-state index < -0.39 is 0 Å². The molecule has 0 bridgehead atoms. The van der Waals surface area contributed by atoms with Crippen molar-refractivity contribution in [2.45, 2.75) is 25.7 Å². The van der Waals surface area contributed by atoms with Crippen LogP contribution in [0.5, 0.6) is 0 Å². The van der Waals surface area contributed by atoms with Gasteiger partial charge in [-0.1, -0.05) is 17.7 Å². The fraction of sp³-hybridized carbons (Fsp3) is 0.444. The van der Waals surface area contributed by atoms with Crippen LogP contribution in [0.2, 0.25) is 5.02 Å². The van der Waals surface area contributed by atoms with Crippen molar-refractivity contribution in [2.75, 3.05) is 31.1 Å². The standard InChI is InChI=1S/C18H21ClN4O/c19-13-4-3-5-14(12-13)22-8-10-23(11-9-22)18(24)17-15-6-1-2-7-16(15)20-21-17/h3-5,12H,1-2,6-11H2,(H,20,21). The van der Waals surface area contributed by atoms with E-state index in [1.807, 2.05) is 23.1 Å². The van der Waals surface area contributed by atoms with Gasteiger partial charge in [-0.25, -0.2) is 0 Å². The molecule has 2 aromatic rings. The summed E-state index contributed by atoms with van der Waals surface area (Å²) < 4.78 is 0. The Kier molecular flexibility index (Phi) is 4.19. The molecular weight excluding hydrogens is 324 g/mol. The summed E-state index contributed by atoms with van der Waals surface area (Å²) in [6, 6.07) is 7.88. The Hall–Kier alpha value is -2.01. The van der Waals surface area contributed by atoms with Gasteiger partial charge in [0.25, 0.3) is 5.91 Å². The lowest BCUT2D eigenvalue weighted by molar-refractivity contribution is 0.0739. The summed E-state index contributed by atoms with van der Waals surface area (Å²) in [7, 11) is 0. The molecule has 1 amide bonds. The molecule has 1 N–H and O–H groups in total. The highest BCUT2D eigenvalue weighted by Gasteiger charge is 2.28. The van der Waals surface area contributed by atoms with E-state index in [1.165, 1.54) is 6.42 Å². The van der Waals surface area contributed by atoms with Gasteiger partial charge >= 0.3 is 0 Å². The molecule has 2 heterocycles. The monoisotopic (exact) mass is 344 g/mol. The number of hydrogen-bond acceptors (Lipinski definition) is 3. The van der Waals surface area contributed by atoms with Crippen LogP contribution in [0.1, 0.15) is 34.6 Å². The number of amides is 1. The van der Waals surface area contributed by atoms with Gasteiger partial charge in [-0.3, -0.25) is 9.89 Å². The quantitative estimate of drug-likeness (QED) is 0.911. The molecule has 2 aliphatic rings. The Morgan fingerprint density at radius 3 is 2.71 bits per heavy atom. The van der Waals surface area contributed by atoms with Crippen molar-refractivity contribution in [3.05, 3.63) is 46.2 Å². The molecule has 0 unspecified atom stereocenters. The zero-order chi connectivity index (χ0) is 16.5. The topological polar surface area (TPSA) is 52.2 Å². The molecule has 0 atom stereocenters. The van der Waals surface area contributed by atoms with Crippen LogP contribution in [0.25, 0.3) is 0 Å². The Morgan fingerprint density at radius 1 is 1.12 bits per heavy atom. The molecular formula is C18H21ClN4O. The molecule has 6 heteroatoms. The summed E-state index contributed by atoms with van der Waals surface area (Å²) in [6.45, 7) is 3.07.